The molecule has 142 valence electrons. The van der Waals surface area contributed by atoms with E-state index < -0.39 is 23.3 Å². The van der Waals surface area contributed by atoms with E-state index in [1.807, 2.05) is 6.92 Å². The monoisotopic (exact) mass is 374 g/mol. The second-order valence-corrected chi connectivity index (χ2v) is 6.22. The number of aryl methyl sites for hydroxylation is 2. The van der Waals surface area contributed by atoms with Crippen LogP contribution in [-0.2, 0) is 6.42 Å². The standard InChI is InChI=1S/C18H20F2N6O/c1-3-4-10-6-16(26-25-10)24-14(21)8-15(22)27-18-12(19)7-13-11(17(18)20)5-9(2)23-13/h5-7,22-23H,3-4,8H2,1-2H3,(H3,21,24,25,26). The Bertz CT molecular complexity index is 1020. The summed E-state index contributed by atoms with van der Waals surface area (Å²) >= 11 is 0. The molecule has 0 aliphatic rings. The van der Waals surface area contributed by atoms with E-state index >= 15 is 0 Å². The van der Waals surface area contributed by atoms with Gasteiger partial charge in [0, 0.05) is 28.9 Å². The molecule has 0 amide bonds. The van der Waals surface area contributed by atoms with Crippen LogP contribution < -0.4 is 10.5 Å². The number of aliphatic imine (C=N–C) groups is 1. The molecule has 0 spiro atoms. The van der Waals surface area contributed by atoms with Crippen LogP contribution in [0.4, 0.5) is 14.6 Å². The van der Waals surface area contributed by atoms with E-state index in [2.05, 4.69) is 20.2 Å². The molecule has 3 aromatic rings. The van der Waals surface area contributed by atoms with Crippen molar-refractivity contribution >= 4 is 28.5 Å². The highest BCUT2D eigenvalue weighted by Crippen LogP contribution is 2.30. The van der Waals surface area contributed by atoms with Gasteiger partial charge in [-0.3, -0.25) is 10.5 Å². The number of fused-ring (bicyclic) bond motifs is 1. The van der Waals surface area contributed by atoms with Gasteiger partial charge in [-0.2, -0.15) is 5.10 Å². The Morgan fingerprint density at radius 2 is 2.11 bits per heavy atom. The molecule has 0 bridgehead atoms. The van der Waals surface area contributed by atoms with Crippen molar-refractivity contribution in [3.8, 4) is 5.75 Å². The predicted molar refractivity (Wildman–Crippen MR) is 99.8 cm³/mol. The van der Waals surface area contributed by atoms with Gasteiger partial charge in [0.25, 0.3) is 0 Å². The molecule has 1 aromatic carbocycles. The maximum atomic E-state index is 14.5. The van der Waals surface area contributed by atoms with Crippen LogP contribution in [0.5, 0.6) is 5.75 Å². The highest BCUT2D eigenvalue weighted by atomic mass is 19.1. The average Bonchev–Trinajstić information content (AvgIpc) is 3.17. The minimum atomic E-state index is -0.904. The zero-order chi connectivity index (χ0) is 19.6. The van der Waals surface area contributed by atoms with Crippen LogP contribution in [0.15, 0.2) is 23.2 Å². The Morgan fingerprint density at radius 1 is 1.33 bits per heavy atom. The topological polar surface area (TPSA) is 116 Å². The summed E-state index contributed by atoms with van der Waals surface area (Å²) in [5.74, 6) is -2.40. The number of amidine groups is 1. The van der Waals surface area contributed by atoms with Crippen molar-refractivity contribution in [2.75, 3.05) is 0 Å². The normalized spacial score (nSPS) is 11.9. The van der Waals surface area contributed by atoms with Gasteiger partial charge < -0.3 is 15.5 Å². The smallest absolute Gasteiger partial charge is 0.201 e. The van der Waals surface area contributed by atoms with Gasteiger partial charge in [0.2, 0.25) is 5.75 Å². The van der Waals surface area contributed by atoms with Gasteiger partial charge in [-0.15, -0.1) is 0 Å². The average molecular weight is 374 g/mol. The molecule has 0 atom stereocenters. The lowest BCUT2D eigenvalue weighted by molar-refractivity contribution is 0.445. The molecule has 0 saturated carbocycles. The quantitative estimate of drug-likeness (QED) is 0.388. The summed E-state index contributed by atoms with van der Waals surface area (Å²) in [5, 5.41) is 14.9. The fraction of sp³-hybridized carbons (Fsp3) is 0.278. The fourth-order valence-electron chi connectivity index (χ4n) is 2.73. The zero-order valence-corrected chi connectivity index (χ0v) is 15.0. The molecule has 0 radical (unpaired) electrons. The number of hydrogen-bond acceptors (Lipinski definition) is 4. The van der Waals surface area contributed by atoms with E-state index in [9.17, 15) is 8.78 Å². The Hall–Kier alpha value is -3.23. The number of aromatic nitrogens is 3. The number of nitrogens with zero attached hydrogens (tertiary/aromatic N) is 2. The molecule has 0 saturated heterocycles. The molecule has 0 fully saturated rings. The van der Waals surface area contributed by atoms with Gasteiger partial charge in [-0.1, -0.05) is 13.3 Å². The van der Waals surface area contributed by atoms with E-state index in [1.165, 1.54) is 0 Å². The van der Waals surface area contributed by atoms with Gasteiger partial charge in [0.15, 0.2) is 23.4 Å². The van der Waals surface area contributed by atoms with Gasteiger partial charge in [-0.25, -0.2) is 13.8 Å². The van der Waals surface area contributed by atoms with Crippen molar-refractivity contribution in [3.63, 3.8) is 0 Å². The van der Waals surface area contributed by atoms with Crippen LogP contribution in [0.25, 0.3) is 10.9 Å². The second-order valence-electron chi connectivity index (χ2n) is 6.22. The van der Waals surface area contributed by atoms with Crippen LogP contribution in [0.2, 0.25) is 0 Å². The highest BCUT2D eigenvalue weighted by Gasteiger charge is 2.19. The van der Waals surface area contributed by atoms with E-state index in [0.717, 1.165) is 24.6 Å². The Kier molecular flexibility index (Phi) is 5.20. The molecular weight excluding hydrogens is 354 g/mol. The van der Waals surface area contributed by atoms with Crippen LogP contribution in [0.1, 0.15) is 31.2 Å². The summed E-state index contributed by atoms with van der Waals surface area (Å²) in [4.78, 5) is 6.93. The second kappa shape index (κ2) is 7.56. The largest absolute Gasteiger partial charge is 0.437 e. The summed E-state index contributed by atoms with van der Waals surface area (Å²) in [7, 11) is 0. The minimum Gasteiger partial charge on any atom is -0.437 e. The van der Waals surface area contributed by atoms with E-state index in [1.54, 1.807) is 19.1 Å². The molecule has 0 aliphatic carbocycles. The van der Waals surface area contributed by atoms with Crippen molar-refractivity contribution in [1.82, 2.24) is 15.2 Å². The lowest BCUT2D eigenvalue weighted by Gasteiger charge is -2.09. The van der Waals surface area contributed by atoms with Crippen molar-refractivity contribution < 1.29 is 13.5 Å². The number of aromatic amines is 2. The zero-order valence-electron chi connectivity index (χ0n) is 15.0. The maximum Gasteiger partial charge on any atom is 0.201 e. The van der Waals surface area contributed by atoms with Crippen LogP contribution in [0, 0.1) is 24.0 Å². The fourth-order valence-corrected chi connectivity index (χ4v) is 2.73. The number of nitrogens with one attached hydrogen (secondary N) is 3. The summed E-state index contributed by atoms with van der Waals surface area (Å²) in [6, 6.07) is 4.43. The number of H-pyrrole nitrogens is 2. The summed E-state index contributed by atoms with van der Waals surface area (Å²) < 4.78 is 33.7. The van der Waals surface area contributed by atoms with Crippen molar-refractivity contribution in [2.45, 2.75) is 33.1 Å². The van der Waals surface area contributed by atoms with Crippen molar-refractivity contribution in [3.05, 3.63) is 41.2 Å². The SMILES string of the molecule is CCCc1cc(N=C(N)CC(=N)Oc2c(F)cc3[nH]c(C)cc3c2F)n[nH]1. The third-order valence-corrected chi connectivity index (χ3v) is 3.87. The third kappa shape index (κ3) is 4.13. The molecule has 7 nitrogen and oxygen atoms in total. The molecule has 27 heavy (non-hydrogen) atoms. The highest BCUT2D eigenvalue weighted by molar-refractivity contribution is 5.99. The lowest BCUT2D eigenvalue weighted by atomic mass is 10.2. The first-order valence-corrected chi connectivity index (χ1v) is 8.47. The summed E-state index contributed by atoms with van der Waals surface area (Å²) in [5.41, 5.74) is 7.73. The van der Waals surface area contributed by atoms with Crippen LogP contribution in [0.3, 0.4) is 0 Å². The third-order valence-electron chi connectivity index (χ3n) is 3.87. The number of ether oxygens (including phenoxy) is 1. The minimum absolute atomic E-state index is 0.0499. The van der Waals surface area contributed by atoms with Gasteiger partial charge in [0.05, 0.1) is 11.9 Å². The van der Waals surface area contributed by atoms with Gasteiger partial charge in [0.1, 0.15) is 5.84 Å². The molecule has 2 aromatic heterocycles. The van der Waals surface area contributed by atoms with Gasteiger partial charge in [-0.05, 0) is 19.4 Å². The molecule has 3 rings (SSSR count). The van der Waals surface area contributed by atoms with Crippen LogP contribution >= 0.6 is 0 Å². The summed E-state index contributed by atoms with van der Waals surface area (Å²) in [6.45, 7) is 3.78. The maximum absolute atomic E-state index is 14.5. The number of hydrogen-bond donors (Lipinski definition) is 4. The Morgan fingerprint density at radius 3 is 2.85 bits per heavy atom. The molecular formula is C18H20F2N6O. The molecule has 2 heterocycles. The lowest BCUT2D eigenvalue weighted by Crippen LogP contribution is -2.20. The number of benzene rings is 1. The predicted octanol–water partition coefficient (Wildman–Crippen LogP) is 3.87. The first kappa shape index (κ1) is 18.6. The first-order chi connectivity index (χ1) is 12.9. The van der Waals surface area contributed by atoms with Gasteiger partial charge >= 0.3 is 0 Å². The number of halogens is 2. The molecule has 0 aliphatic heterocycles. The Balaban J connectivity index is 1.73. The van der Waals surface area contributed by atoms with Crippen molar-refractivity contribution in [2.24, 2.45) is 10.7 Å². The van der Waals surface area contributed by atoms with E-state index in [-0.39, 0.29) is 17.6 Å². The molecule has 5 N–H and O–H groups in total. The van der Waals surface area contributed by atoms with Crippen LogP contribution in [-0.4, -0.2) is 26.9 Å². The summed E-state index contributed by atoms with van der Waals surface area (Å²) in [6.07, 6.45) is 1.58. The van der Waals surface area contributed by atoms with Crippen molar-refractivity contribution in [1.29, 1.82) is 5.41 Å². The first-order valence-electron chi connectivity index (χ1n) is 8.47. The Labute approximate surface area is 154 Å². The number of nitrogens with two attached hydrogens (primary N) is 1. The van der Waals surface area contributed by atoms with E-state index in [0.29, 0.717) is 17.0 Å². The number of rotatable bonds is 6. The molecule has 0 unspecified atom stereocenters. The molecule has 9 heteroatoms. The van der Waals surface area contributed by atoms with E-state index in [4.69, 9.17) is 15.9 Å².